The van der Waals surface area contributed by atoms with Crippen LogP contribution in [0.1, 0.15) is 30.4 Å². The molecule has 0 radical (unpaired) electrons. The highest BCUT2D eigenvalue weighted by Crippen LogP contribution is 2.21. The maximum atomic E-state index is 12.7. The minimum absolute atomic E-state index is 0.266. The number of anilines is 1. The number of pyridine rings is 1. The van der Waals surface area contributed by atoms with Crippen molar-refractivity contribution in [2.24, 2.45) is 0 Å². The first kappa shape index (κ1) is 21.2. The molecule has 0 bridgehead atoms. The number of hydrogen-bond acceptors (Lipinski definition) is 6. The summed E-state index contributed by atoms with van der Waals surface area (Å²) in [6.07, 6.45) is 4.41. The molecule has 0 atom stereocenters. The van der Waals surface area contributed by atoms with Gasteiger partial charge in [-0.2, -0.15) is 4.31 Å². The number of nitrogens with zero attached hydrogens (tertiary/aromatic N) is 3. The second-order valence-corrected chi connectivity index (χ2v) is 9.84. The molecule has 2 aliphatic rings. The van der Waals surface area contributed by atoms with Crippen LogP contribution < -0.4 is 5.32 Å². The van der Waals surface area contributed by atoms with E-state index in [1.165, 1.54) is 17.3 Å². The Morgan fingerprint density at radius 2 is 1.73 bits per heavy atom. The van der Waals surface area contributed by atoms with Gasteiger partial charge in [0.1, 0.15) is 10.7 Å². The molecule has 7 nitrogen and oxygen atoms in total. The van der Waals surface area contributed by atoms with Crippen molar-refractivity contribution >= 4 is 15.8 Å². The van der Waals surface area contributed by atoms with Gasteiger partial charge in [-0.3, -0.25) is 4.90 Å². The molecule has 1 N–H and O–H groups in total. The number of piperidine rings is 1. The molecule has 0 unspecified atom stereocenters. The van der Waals surface area contributed by atoms with Gasteiger partial charge in [0.05, 0.1) is 13.2 Å². The number of aromatic nitrogens is 1. The fourth-order valence-corrected chi connectivity index (χ4v) is 5.40. The Morgan fingerprint density at radius 1 is 0.967 bits per heavy atom. The third-order valence-corrected chi connectivity index (χ3v) is 7.55. The smallest absolute Gasteiger partial charge is 0.244 e. The molecule has 1 aromatic heterocycles. The van der Waals surface area contributed by atoms with Crippen molar-refractivity contribution < 1.29 is 13.2 Å². The Morgan fingerprint density at radius 3 is 2.47 bits per heavy atom. The Hall–Kier alpha value is -2.00. The molecule has 0 amide bonds. The molecule has 30 heavy (non-hydrogen) atoms. The van der Waals surface area contributed by atoms with Gasteiger partial charge in [0.25, 0.3) is 0 Å². The van der Waals surface area contributed by atoms with Crippen molar-refractivity contribution in [3.8, 4) is 0 Å². The van der Waals surface area contributed by atoms with Gasteiger partial charge in [-0.05, 0) is 36.1 Å². The van der Waals surface area contributed by atoms with Crippen LogP contribution in [-0.2, 0) is 27.8 Å². The maximum absolute atomic E-state index is 12.7. The van der Waals surface area contributed by atoms with Crippen LogP contribution in [-0.4, -0.2) is 62.0 Å². The summed E-state index contributed by atoms with van der Waals surface area (Å²) >= 11 is 0. The number of hydrogen-bond donors (Lipinski definition) is 1. The van der Waals surface area contributed by atoms with Gasteiger partial charge in [0.15, 0.2) is 0 Å². The third-order valence-electron chi connectivity index (χ3n) is 5.66. The maximum Gasteiger partial charge on any atom is 0.244 e. The molecule has 8 heteroatoms. The summed E-state index contributed by atoms with van der Waals surface area (Å²) in [6, 6.07) is 11.9. The van der Waals surface area contributed by atoms with E-state index in [4.69, 9.17) is 4.74 Å². The number of nitrogens with one attached hydrogen (secondary N) is 1. The molecular weight excluding hydrogens is 400 g/mol. The fourth-order valence-electron chi connectivity index (χ4n) is 3.94. The van der Waals surface area contributed by atoms with E-state index in [2.05, 4.69) is 39.5 Å². The number of morpholine rings is 1. The van der Waals surface area contributed by atoms with Crippen LogP contribution in [0.2, 0.25) is 0 Å². The van der Waals surface area contributed by atoms with Crippen molar-refractivity contribution in [2.75, 3.05) is 44.7 Å². The van der Waals surface area contributed by atoms with Crippen molar-refractivity contribution in [2.45, 2.75) is 37.2 Å². The van der Waals surface area contributed by atoms with Gasteiger partial charge in [-0.25, -0.2) is 13.4 Å². The van der Waals surface area contributed by atoms with Crippen LogP contribution in [0.4, 0.5) is 5.82 Å². The van der Waals surface area contributed by atoms with E-state index in [9.17, 15) is 8.42 Å². The fraction of sp³-hybridized carbons (Fsp3) is 0.500. The predicted molar refractivity (Wildman–Crippen MR) is 117 cm³/mol. The van der Waals surface area contributed by atoms with Crippen LogP contribution in [0.15, 0.2) is 47.5 Å². The molecule has 0 saturated carbocycles. The molecule has 1 aromatic carbocycles. The summed E-state index contributed by atoms with van der Waals surface area (Å²) in [4.78, 5) is 7.00. The minimum Gasteiger partial charge on any atom is -0.379 e. The van der Waals surface area contributed by atoms with E-state index < -0.39 is 10.0 Å². The standard InChI is InChI=1S/C22H30N4O3S/c27-30(28,26-9-2-1-3-10-26)21-7-8-22(24-17-21)23-16-19-5-4-6-20(15-19)18-25-11-13-29-14-12-25/h4-8,15,17H,1-3,9-14,16,18H2,(H,23,24). The lowest BCUT2D eigenvalue weighted by Gasteiger charge is -2.26. The average molecular weight is 431 g/mol. The lowest BCUT2D eigenvalue weighted by Crippen LogP contribution is -2.35. The van der Waals surface area contributed by atoms with Crippen molar-refractivity contribution in [3.63, 3.8) is 0 Å². The highest BCUT2D eigenvalue weighted by molar-refractivity contribution is 7.89. The molecule has 0 aliphatic carbocycles. The monoisotopic (exact) mass is 430 g/mol. The van der Waals surface area contributed by atoms with E-state index >= 15 is 0 Å². The lowest BCUT2D eigenvalue weighted by atomic mass is 10.1. The van der Waals surface area contributed by atoms with Gasteiger partial charge < -0.3 is 10.1 Å². The largest absolute Gasteiger partial charge is 0.379 e. The van der Waals surface area contributed by atoms with E-state index in [0.717, 1.165) is 52.1 Å². The summed E-state index contributed by atoms with van der Waals surface area (Å²) < 4.78 is 32.4. The van der Waals surface area contributed by atoms with Gasteiger partial charge >= 0.3 is 0 Å². The van der Waals surface area contributed by atoms with Crippen LogP contribution in [0.3, 0.4) is 0 Å². The summed E-state index contributed by atoms with van der Waals surface area (Å²) in [6.45, 7) is 6.32. The average Bonchev–Trinajstić information content (AvgIpc) is 2.79. The summed E-state index contributed by atoms with van der Waals surface area (Å²) in [5.74, 6) is 0.672. The molecule has 2 aliphatic heterocycles. The molecule has 3 heterocycles. The second kappa shape index (κ2) is 9.87. The highest BCUT2D eigenvalue weighted by atomic mass is 32.2. The minimum atomic E-state index is -3.44. The Balaban J connectivity index is 1.34. The molecule has 2 aromatic rings. The first-order valence-electron chi connectivity index (χ1n) is 10.7. The van der Waals surface area contributed by atoms with E-state index in [-0.39, 0.29) is 4.90 Å². The third kappa shape index (κ3) is 5.37. The van der Waals surface area contributed by atoms with Crippen LogP contribution >= 0.6 is 0 Å². The van der Waals surface area contributed by atoms with E-state index in [1.54, 1.807) is 16.4 Å². The first-order chi connectivity index (χ1) is 14.6. The SMILES string of the molecule is O=S(=O)(c1ccc(NCc2cccc(CN3CCOCC3)c2)nc1)N1CCCCC1. The Labute approximate surface area is 179 Å². The van der Waals surface area contributed by atoms with Gasteiger partial charge in [-0.15, -0.1) is 0 Å². The van der Waals surface area contributed by atoms with Gasteiger partial charge in [0.2, 0.25) is 10.0 Å². The second-order valence-electron chi connectivity index (χ2n) is 7.91. The topological polar surface area (TPSA) is 74.8 Å². The van der Waals surface area contributed by atoms with Gasteiger partial charge in [-0.1, -0.05) is 30.7 Å². The molecule has 162 valence electrons. The number of sulfonamides is 1. The summed E-state index contributed by atoms with van der Waals surface area (Å²) in [7, 11) is -3.44. The van der Waals surface area contributed by atoms with Crippen molar-refractivity contribution in [3.05, 3.63) is 53.7 Å². The van der Waals surface area contributed by atoms with Crippen molar-refractivity contribution in [1.82, 2.24) is 14.2 Å². The number of benzene rings is 1. The highest BCUT2D eigenvalue weighted by Gasteiger charge is 2.26. The lowest BCUT2D eigenvalue weighted by molar-refractivity contribution is 0.0342. The van der Waals surface area contributed by atoms with Gasteiger partial charge in [0, 0.05) is 45.5 Å². The van der Waals surface area contributed by atoms with E-state index in [0.29, 0.717) is 25.5 Å². The first-order valence-corrected chi connectivity index (χ1v) is 12.1. The predicted octanol–water partition coefficient (Wildman–Crippen LogP) is 2.70. The Bertz CT molecular complexity index is 922. The summed E-state index contributed by atoms with van der Waals surface area (Å²) in [5.41, 5.74) is 2.46. The molecule has 0 spiro atoms. The molecule has 2 fully saturated rings. The molecule has 2 saturated heterocycles. The van der Waals surface area contributed by atoms with Crippen molar-refractivity contribution in [1.29, 1.82) is 0 Å². The number of ether oxygens (including phenoxy) is 1. The van der Waals surface area contributed by atoms with Crippen LogP contribution in [0, 0.1) is 0 Å². The quantitative estimate of drug-likeness (QED) is 0.728. The molecular formula is C22H30N4O3S. The number of rotatable bonds is 7. The van der Waals surface area contributed by atoms with Crippen LogP contribution in [0.5, 0.6) is 0 Å². The van der Waals surface area contributed by atoms with E-state index in [1.807, 2.05) is 0 Å². The van der Waals surface area contributed by atoms with Crippen LogP contribution in [0.25, 0.3) is 0 Å². The zero-order valence-corrected chi connectivity index (χ0v) is 18.1. The summed E-state index contributed by atoms with van der Waals surface area (Å²) in [5, 5.41) is 3.30. The zero-order chi connectivity index (χ0) is 20.8. The zero-order valence-electron chi connectivity index (χ0n) is 17.3. The normalized spacial score (nSPS) is 18.9. The Kier molecular flexibility index (Phi) is 6.99. The molecule has 4 rings (SSSR count).